The van der Waals surface area contributed by atoms with Gasteiger partial charge < -0.3 is 31.3 Å². The van der Waals surface area contributed by atoms with Crippen LogP contribution < -0.4 is 17.0 Å². The Labute approximate surface area is 172 Å². The lowest BCUT2D eigenvalue weighted by molar-refractivity contribution is -0.931. The van der Waals surface area contributed by atoms with Crippen LogP contribution in [0, 0.1) is 0 Å². The number of ether oxygens (including phenoxy) is 1. The molecule has 4 nitrogen and oxygen atoms in total. The molecule has 0 spiro atoms. The maximum atomic E-state index is 13.2. The second-order valence-electron chi connectivity index (χ2n) is 7.63. The van der Waals surface area contributed by atoms with Gasteiger partial charge in [0.1, 0.15) is 6.04 Å². The van der Waals surface area contributed by atoms with Crippen molar-refractivity contribution in [1.82, 2.24) is 0 Å². The van der Waals surface area contributed by atoms with Crippen LogP contribution in [0.3, 0.4) is 0 Å². The quantitative estimate of drug-likeness (QED) is 0.532. The summed E-state index contributed by atoms with van der Waals surface area (Å²) in [6.07, 6.45) is 4.26. The molecule has 0 aliphatic carbocycles. The van der Waals surface area contributed by atoms with Crippen LogP contribution in [0.2, 0.25) is 0 Å². The highest BCUT2D eigenvalue weighted by Crippen LogP contribution is 2.43. The van der Waals surface area contributed by atoms with Crippen molar-refractivity contribution in [3.8, 4) is 0 Å². The molecule has 0 aromatic carbocycles. The number of quaternary nitrogens is 1. The molecule has 2 unspecified atom stereocenters. The van der Waals surface area contributed by atoms with E-state index in [0.717, 1.165) is 17.3 Å². The third-order valence-corrected chi connectivity index (χ3v) is 8.03. The van der Waals surface area contributed by atoms with E-state index in [9.17, 15) is 9.90 Å². The fraction of sp³-hybridized carbons (Fsp3) is 0.526. The second kappa shape index (κ2) is 7.36. The van der Waals surface area contributed by atoms with E-state index in [1.807, 2.05) is 22.9 Å². The molecule has 4 heterocycles. The number of piperidine rings is 1. The fourth-order valence-corrected chi connectivity index (χ4v) is 6.28. The van der Waals surface area contributed by atoms with Gasteiger partial charge in [-0.15, -0.1) is 22.7 Å². The van der Waals surface area contributed by atoms with Crippen molar-refractivity contribution in [2.45, 2.75) is 49.5 Å². The number of carbonyl (C=O) groups is 1. The van der Waals surface area contributed by atoms with Crippen molar-refractivity contribution in [1.29, 1.82) is 0 Å². The lowest BCUT2D eigenvalue weighted by Crippen LogP contribution is -3.00. The van der Waals surface area contributed by atoms with Crippen molar-refractivity contribution < 1.29 is 36.1 Å². The van der Waals surface area contributed by atoms with Crippen molar-refractivity contribution in [3.63, 3.8) is 0 Å². The number of aliphatic hydroxyl groups is 1. The molecule has 2 fully saturated rings. The van der Waals surface area contributed by atoms with Gasteiger partial charge in [0, 0.05) is 12.8 Å². The lowest BCUT2D eigenvalue weighted by atomic mass is 9.99. The van der Waals surface area contributed by atoms with Crippen molar-refractivity contribution in [2.24, 2.45) is 0 Å². The molecule has 7 heteroatoms. The summed E-state index contributed by atoms with van der Waals surface area (Å²) in [5.41, 5.74) is -1.70. The first-order valence-electron chi connectivity index (χ1n) is 8.79. The number of hydrogen-bond donors (Lipinski definition) is 1. The maximum absolute atomic E-state index is 13.2. The summed E-state index contributed by atoms with van der Waals surface area (Å²) in [5, 5.41) is 15.1. The Kier molecular flexibility index (Phi) is 5.66. The molecule has 0 saturated carbocycles. The van der Waals surface area contributed by atoms with Crippen molar-refractivity contribution >= 4 is 28.6 Å². The molecule has 0 amide bonds. The number of nitrogens with zero attached hydrogens (tertiary/aromatic N) is 1. The van der Waals surface area contributed by atoms with Crippen LogP contribution in [0.5, 0.6) is 0 Å². The van der Waals surface area contributed by atoms with Crippen LogP contribution in [0.25, 0.3) is 0 Å². The zero-order valence-corrected chi connectivity index (χ0v) is 18.1. The molecular formula is C19H24BrNO3S2. The zero-order valence-electron chi connectivity index (χ0n) is 14.9. The van der Waals surface area contributed by atoms with Crippen LogP contribution in [0.1, 0.15) is 35.4 Å². The first kappa shape index (κ1) is 20.0. The van der Waals surface area contributed by atoms with Gasteiger partial charge in [0.05, 0.1) is 29.9 Å². The summed E-state index contributed by atoms with van der Waals surface area (Å²) in [5.74, 6) is -0.532. The van der Waals surface area contributed by atoms with Crippen LogP contribution in [0.4, 0.5) is 0 Å². The molecule has 2 bridgehead atoms. The van der Waals surface area contributed by atoms with E-state index < -0.39 is 11.6 Å². The molecule has 3 atom stereocenters. The minimum Gasteiger partial charge on any atom is -1.00 e. The highest BCUT2D eigenvalue weighted by atomic mass is 79.9. The summed E-state index contributed by atoms with van der Waals surface area (Å²) in [7, 11) is 4.49. The molecule has 2 aromatic rings. The monoisotopic (exact) mass is 457 g/mol. The highest BCUT2D eigenvalue weighted by molar-refractivity contribution is 7.12. The fourth-order valence-electron chi connectivity index (χ4n) is 4.57. The average molecular weight is 458 g/mol. The Bertz CT molecular complexity index is 711. The van der Waals surface area contributed by atoms with E-state index in [-0.39, 0.29) is 23.1 Å². The van der Waals surface area contributed by atoms with E-state index in [1.54, 1.807) is 12.1 Å². The molecule has 2 aliphatic heterocycles. The second-order valence-corrected chi connectivity index (χ2v) is 9.52. The summed E-state index contributed by atoms with van der Waals surface area (Å²) in [6, 6.07) is 8.20. The number of rotatable bonds is 4. The topological polar surface area (TPSA) is 46.5 Å². The molecule has 142 valence electrons. The SMILES string of the molecule is C[N+]1(C)C2CCCC1[C@H](OC(=O)C(O)(c1cccs1)c1cccs1)C2.[Br-]. The Morgan fingerprint density at radius 3 is 2.31 bits per heavy atom. The third-order valence-electron chi connectivity index (χ3n) is 6.08. The summed E-state index contributed by atoms with van der Waals surface area (Å²) in [4.78, 5) is 14.4. The minimum absolute atomic E-state index is 0. The lowest BCUT2D eigenvalue weighted by Gasteiger charge is -2.41. The van der Waals surface area contributed by atoms with Crippen LogP contribution in [-0.4, -0.2) is 47.8 Å². The van der Waals surface area contributed by atoms with E-state index in [0.29, 0.717) is 21.8 Å². The van der Waals surface area contributed by atoms with E-state index in [4.69, 9.17) is 4.74 Å². The molecule has 1 N–H and O–H groups in total. The van der Waals surface area contributed by atoms with Gasteiger partial charge in [-0.05, 0) is 35.7 Å². The van der Waals surface area contributed by atoms with Gasteiger partial charge >= 0.3 is 5.97 Å². The number of likely N-dealkylation sites (N-methyl/N-ethyl adjacent to an activating group) is 1. The van der Waals surface area contributed by atoms with Crippen LogP contribution in [0.15, 0.2) is 35.0 Å². The molecule has 2 saturated heterocycles. The molecule has 2 aliphatic rings. The normalized spacial score (nSPS) is 27.0. The maximum Gasteiger partial charge on any atom is 0.349 e. The van der Waals surface area contributed by atoms with Gasteiger partial charge in [-0.2, -0.15) is 0 Å². The summed E-state index contributed by atoms with van der Waals surface area (Å²) in [6.45, 7) is 0. The third kappa shape index (κ3) is 3.07. The Balaban J connectivity index is 0.00000196. The highest BCUT2D eigenvalue weighted by Gasteiger charge is 2.55. The van der Waals surface area contributed by atoms with Gasteiger partial charge in [0.25, 0.3) is 0 Å². The number of esters is 1. The van der Waals surface area contributed by atoms with Gasteiger partial charge in [-0.3, -0.25) is 0 Å². The minimum atomic E-state index is -1.70. The van der Waals surface area contributed by atoms with E-state index in [1.165, 1.54) is 35.5 Å². The predicted molar refractivity (Wildman–Crippen MR) is 99.7 cm³/mol. The van der Waals surface area contributed by atoms with Crippen molar-refractivity contribution in [3.05, 3.63) is 44.8 Å². The van der Waals surface area contributed by atoms with Gasteiger partial charge in [0.15, 0.2) is 6.10 Å². The molecular weight excluding hydrogens is 434 g/mol. The molecule has 26 heavy (non-hydrogen) atoms. The Morgan fingerprint density at radius 1 is 1.19 bits per heavy atom. The largest absolute Gasteiger partial charge is 1.00 e. The number of hydrogen-bond acceptors (Lipinski definition) is 5. The Morgan fingerprint density at radius 2 is 1.81 bits per heavy atom. The first-order valence-corrected chi connectivity index (χ1v) is 10.5. The van der Waals surface area contributed by atoms with Crippen LogP contribution >= 0.6 is 22.7 Å². The van der Waals surface area contributed by atoms with Gasteiger partial charge in [-0.1, -0.05) is 12.1 Å². The van der Waals surface area contributed by atoms with E-state index >= 15 is 0 Å². The van der Waals surface area contributed by atoms with Gasteiger partial charge in [0.2, 0.25) is 5.60 Å². The number of carbonyl (C=O) groups excluding carboxylic acids is 1. The van der Waals surface area contributed by atoms with E-state index in [2.05, 4.69) is 14.1 Å². The number of thiophene rings is 2. The number of halogens is 1. The van der Waals surface area contributed by atoms with Gasteiger partial charge in [-0.25, -0.2) is 4.79 Å². The first-order chi connectivity index (χ1) is 11.9. The molecule has 4 rings (SSSR count). The summed E-state index contributed by atoms with van der Waals surface area (Å²) >= 11 is 2.77. The smallest absolute Gasteiger partial charge is 0.349 e. The molecule has 2 aromatic heterocycles. The summed E-state index contributed by atoms with van der Waals surface area (Å²) < 4.78 is 6.91. The number of fused-ring (bicyclic) bond motifs is 2. The Hall–Kier alpha value is -0.730. The van der Waals surface area contributed by atoms with Crippen LogP contribution in [-0.2, 0) is 15.1 Å². The van der Waals surface area contributed by atoms with Crippen molar-refractivity contribution in [2.75, 3.05) is 14.1 Å². The zero-order chi connectivity index (χ0) is 17.7. The predicted octanol–water partition coefficient (Wildman–Crippen LogP) is 0.362. The molecule has 0 radical (unpaired) electrons. The standard InChI is InChI=1S/C19H24NO3S2.BrH/c1-20(2)13-6-3-7-14(20)15(12-13)23-18(21)19(22,16-8-4-10-24-16)17-9-5-11-25-17;/h4-5,8-11,13-15,22H,3,6-7,12H2,1-2H3;1H/q+1;/p-1/t13?,14?,15-;/m1./s1. The average Bonchev–Trinajstić information content (AvgIpc) is 3.29.